The van der Waals surface area contributed by atoms with Crippen LogP contribution in [0.4, 0.5) is 0 Å². The van der Waals surface area contributed by atoms with Crippen LogP contribution < -0.4 is 10.4 Å². The number of hydrogen-bond acceptors (Lipinski definition) is 6. The second kappa shape index (κ2) is 6.06. The summed E-state index contributed by atoms with van der Waals surface area (Å²) < 4.78 is 17.0. The van der Waals surface area contributed by atoms with Crippen LogP contribution in [0.15, 0.2) is 74.3 Å². The third kappa shape index (κ3) is 2.54. The van der Waals surface area contributed by atoms with E-state index < -0.39 is 5.63 Å². The van der Waals surface area contributed by atoms with Crippen molar-refractivity contribution in [3.8, 4) is 17.2 Å². The summed E-state index contributed by atoms with van der Waals surface area (Å²) in [5.74, 6) is -0.0959. The van der Waals surface area contributed by atoms with Gasteiger partial charge >= 0.3 is 5.63 Å². The molecule has 0 fully saturated rings. The zero-order valence-electron chi connectivity index (χ0n) is 14.5. The van der Waals surface area contributed by atoms with E-state index in [1.54, 1.807) is 18.2 Å². The third-order valence-corrected chi connectivity index (χ3v) is 4.64. The van der Waals surface area contributed by atoms with E-state index in [9.17, 15) is 15.0 Å². The first-order valence-corrected chi connectivity index (χ1v) is 8.62. The third-order valence-electron chi connectivity index (χ3n) is 4.64. The molecule has 0 amide bonds. The fourth-order valence-corrected chi connectivity index (χ4v) is 3.27. The molecule has 3 aromatic carbocycles. The van der Waals surface area contributed by atoms with Gasteiger partial charge in [0.05, 0.1) is 5.39 Å². The van der Waals surface area contributed by atoms with Crippen LogP contribution >= 0.6 is 0 Å². The lowest BCUT2D eigenvalue weighted by Gasteiger charge is -2.07. The van der Waals surface area contributed by atoms with Crippen LogP contribution in [-0.2, 0) is 6.61 Å². The highest BCUT2D eigenvalue weighted by Crippen LogP contribution is 2.38. The smallest absolute Gasteiger partial charge is 0.348 e. The maximum absolute atomic E-state index is 12.5. The van der Waals surface area contributed by atoms with E-state index in [-0.39, 0.29) is 22.5 Å². The van der Waals surface area contributed by atoms with Crippen LogP contribution in [0, 0.1) is 0 Å². The number of furan rings is 1. The Morgan fingerprint density at radius 2 is 1.57 bits per heavy atom. The van der Waals surface area contributed by atoms with Crippen molar-refractivity contribution in [2.24, 2.45) is 0 Å². The summed E-state index contributed by atoms with van der Waals surface area (Å²) in [5, 5.41) is 20.6. The van der Waals surface area contributed by atoms with Gasteiger partial charge in [0, 0.05) is 17.5 Å². The first kappa shape index (κ1) is 16.3. The average molecular weight is 374 g/mol. The van der Waals surface area contributed by atoms with Gasteiger partial charge in [0.1, 0.15) is 28.9 Å². The molecule has 6 heteroatoms. The fourth-order valence-electron chi connectivity index (χ4n) is 3.27. The normalized spacial score (nSPS) is 11.4. The molecule has 28 heavy (non-hydrogen) atoms. The van der Waals surface area contributed by atoms with E-state index in [4.69, 9.17) is 13.6 Å². The Kier molecular flexibility index (Phi) is 3.52. The van der Waals surface area contributed by atoms with Gasteiger partial charge < -0.3 is 23.8 Å². The molecule has 0 aliphatic rings. The van der Waals surface area contributed by atoms with Gasteiger partial charge in [-0.15, -0.1) is 0 Å². The van der Waals surface area contributed by atoms with Crippen molar-refractivity contribution in [3.63, 3.8) is 0 Å². The maximum Gasteiger partial charge on any atom is 0.348 e. The number of phenols is 2. The molecular weight excluding hydrogens is 360 g/mol. The summed E-state index contributed by atoms with van der Waals surface area (Å²) >= 11 is 0. The number of fused-ring (bicyclic) bond motifs is 5. The SMILES string of the molecule is O=c1oc2cc(OCc3ccccc3)ccc2c2oc3cc(O)c(O)cc3c12. The molecule has 0 aliphatic heterocycles. The van der Waals surface area contributed by atoms with Gasteiger partial charge in [-0.05, 0) is 23.8 Å². The Balaban J connectivity index is 1.63. The monoisotopic (exact) mass is 374 g/mol. The van der Waals surface area contributed by atoms with Crippen LogP contribution in [0.2, 0.25) is 0 Å². The van der Waals surface area contributed by atoms with E-state index in [0.717, 1.165) is 5.56 Å². The molecule has 138 valence electrons. The highest BCUT2D eigenvalue weighted by molar-refractivity contribution is 6.13. The first-order valence-electron chi connectivity index (χ1n) is 8.62. The Labute approximate surface area is 157 Å². The zero-order chi connectivity index (χ0) is 19.3. The summed E-state index contributed by atoms with van der Waals surface area (Å²) in [6.45, 7) is 0.391. The van der Waals surface area contributed by atoms with Gasteiger partial charge in [-0.2, -0.15) is 0 Å². The van der Waals surface area contributed by atoms with Crippen molar-refractivity contribution in [3.05, 3.63) is 76.6 Å². The van der Waals surface area contributed by atoms with Gasteiger partial charge in [-0.3, -0.25) is 0 Å². The van der Waals surface area contributed by atoms with Crippen molar-refractivity contribution in [1.29, 1.82) is 0 Å². The van der Waals surface area contributed by atoms with Gasteiger partial charge in [0.15, 0.2) is 17.1 Å². The molecule has 0 unspecified atom stereocenters. The fraction of sp³-hybridized carbons (Fsp3) is 0.0455. The largest absolute Gasteiger partial charge is 0.504 e. The van der Waals surface area contributed by atoms with Crippen LogP contribution in [-0.4, -0.2) is 10.2 Å². The van der Waals surface area contributed by atoms with Gasteiger partial charge in [-0.25, -0.2) is 4.79 Å². The number of benzene rings is 3. The Hall–Kier alpha value is -3.93. The quantitative estimate of drug-likeness (QED) is 0.352. The van der Waals surface area contributed by atoms with Crippen molar-refractivity contribution in [2.75, 3.05) is 0 Å². The molecule has 0 atom stereocenters. The maximum atomic E-state index is 12.5. The number of aromatic hydroxyl groups is 2. The molecule has 0 aliphatic carbocycles. The molecule has 2 heterocycles. The van der Waals surface area contributed by atoms with Crippen LogP contribution in [0.5, 0.6) is 17.2 Å². The number of phenolic OH excluding ortho intramolecular Hbond substituents is 2. The molecule has 5 aromatic rings. The molecular formula is C22H14O6. The molecule has 0 radical (unpaired) electrons. The summed E-state index contributed by atoms with van der Waals surface area (Å²) in [6.07, 6.45) is 0. The predicted molar refractivity (Wildman–Crippen MR) is 104 cm³/mol. The number of rotatable bonds is 3. The summed E-state index contributed by atoms with van der Waals surface area (Å²) in [4.78, 5) is 12.5. The van der Waals surface area contributed by atoms with E-state index in [1.165, 1.54) is 12.1 Å². The second-order valence-electron chi connectivity index (χ2n) is 6.47. The summed E-state index contributed by atoms with van der Waals surface area (Å²) in [6, 6.07) is 17.5. The topological polar surface area (TPSA) is 93.0 Å². The standard InChI is InChI=1S/C22H14O6/c23-16-9-15-19(10-17(16)24)27-21-14-7-6-13(8-18(14)28-22(25)20(15)21)26-11-12-4-2-1-3-5-12/h1-10,23-24H,11H2. The lowest BCUT2D eigenvalue weighted by Crippen LogP contribution is -1.99. The minimum atomic E-state index is -0.591. The Bertz CT molecular complexity index is 1400. The van der Waals surface area contributed by atoms with Crippen molar-refractivity contribution >= 4 is 32.9 Å². The van der Waals surface area contributed by atoms with Gasteiger partial charge in [0.25, 0.3) is 0 Å². The Morgan fingerprint density at radius 3 is 2.39 bits per heavy atom. The minimum Gasteiger partial charge on any atom is -0.504 e. The van der Waals surface area contributed by atoms with Gasteiger partial charge in [0.2, 0.25) is 0 Å². The molecule has 2 N–H and O–H groups in total. The molecule has 2 aromatic heterocycles. The minimum absolute atomic E-state index is 0.218. The first-order chi connectivity index (χ1) is 13.6. The summed E-state index contributed by atoms with van der Waals surface area (Å²) in [5.41, 5.74) is 1.38. The van der Waals surface area contributed by atoms with E-state index in [2.05, 4.69) is 0 Å². The molecule has 0 bridgehead atoms. The Morgan fingerprint density at radius 1 is 0.821 bits per heavy atom. The van der Waals surface area contributed by atoms with E-state index >= 15 is 0 Å². The highest BCUT2D eigenvalue weighted by atomic mass is 16.5. The molecule has 0 saturated carbocycles. The predicted octanol–water partition coefficient (Wildman–Crippen LogP) is 4.68. The van der Waals surface area contributed by atoms with Crippen LogP contribution in [0.3, 0.4) is 0 Å². The van der Waals surface area contributed by atoms with Crippen LogP contribution in [0.1, 0.15) is 5.56 Å². The molecule has 5 rings (SSSR count). The second-order valence-corrected chi connectivity index (χ2v) is 6.47. The molecule has 6 nitrogen and oxygen atoms in total. The average Bonchev–Trinajstić information content (AvgIpc) is 3.06. The van der Waals surface area contributed by atoms with Crippen molar-refractivity contribution in [2.45, 2.75) is 6.61 Å². The van der Waals surface area contributed by atoms with Crippen molar-refractivity contribution < 1.29 is 23.8 Å². The number of ether oxygens (including phenoxy) is 1. The highest BCUT2D eigenvalue weighted by Gasteiger charge is 2.18. The van der Waals surface area contributed by atoms with E-state index in [1.807, 2.05) is 30.3 Å². The summed E-state index contributed by atoms with van der Waals surface area (Å²) in [7, 11) is 0. The molecule has 0 saturated heterocycles. The zero-order valence-corrected chi connectivity index (χ0v) is 14.5. The van der Waals surface area contributed by atoms with Gasteiger partial charge in [-0.1, -0.05) is 30.3 Å². The number of hydrogen-bond donors (Lipinski definition) is 2. The molecule has 0 spiro atoms. The van der Waals surface area contributed by atoms with Crippen molar-refractivity contribution in [1.82, 2.24) is 0 Å². The lowest BCUT2D eigenvalue weighted by atomic mass is 10.1. The van der Waals surface area contributed by atoms with Crippen LogP contribution in [0.25, 0.3) is 32.9 Å². The lowest BCUT2D eigenvalue weighted by molar-refractivity contribution is 0.306. The van der Waals surface area contributed by atoms with E-state index in [0.29, 0.717) is 34.3 Å².